The number of anilines is 1. The van der Waals surface area contributed by atoms with E-state index in [9.17, 15) is 4.79 Å². The molecule has 1 N–H and O–H groups in total. The minimum absolute atomic E-state index is 0.106. The van der Waals surface area contributed by atoms with Gasteiger partial charge in [0.25, 0.3) is 0 Å². The van der Waals surface area contributed by atoms with E-state index in [2.05, 4.69) is 9.97 Å². The SMILES string of the molecule is O=C(CCc1cnc[nH]1)N(Cc1ccccc1)c1ccccc1. The normalized spacial score (nSPS) is 10.4. The highest BCUT2D eigenvalue weighted by atomic mass is 16.2. The van der Waals surface area contributed by atoms with Crippen LogP contribution in [0.15, 0.2) is 73.2 Å². The van der Waals surface area contributed by atoms with E-state index < -0.39 is 0 Å². The summed E-state index contributed by atoms with van der Waals surface area (Å²) in [6.45, 7) is 0.576. The molecule has 4 heteroatoms. The van der Waals surface area contributed by atoms with Crippen molar-refractivity contribution in [1.29, 1.82) is 0 Å². The van der Waals surface area contributed by atoms with Gasteiger partial charge in [-0.3, -0.25) is 4.79 Å². The lowest BCUT2D eigenvalue weighted by Gasteiger charge is -2.23. The van der Waals surface area contributed by atoms with Crippen LogP contribution in [0.5, 0.6) is 0 Å². The number of hydrogen-bond donors (Lipinski definition) is 1. The van der Waals surface area contributed by atoms with Crippen molar-refractivity contribution in [2.45, 2.75) is 19.4 Å². The number of nitrogens with one attached hydrogen (secondary N) is 1. The first-order valence-corrected chi connectivity index (χ1v) is 7.69. The van der Waals surface area contributed by atoms with Crippen LogP contribution >= 0.6 is 0 Å². The number of aromatic nitrogens is 2. The first-order valence-electron chi connectivity index (χ1n) is 7.69. The van der Waals surface area contributed by atoms with Crippen LogP contribution in [-0.4, -0.2) is 15.9 Å². The highest BCUT2D eigenvalue weighted by Crippen LogP contribution is 2.18. The molecule has 0 saturated heterocycles. The summed E-state index contributed by atoms with van der Waals surface area (Å²) in [5.41, 5.74) is 3.02. The van der Waals surface area contributed by atoms with E-state index in [1.807, 2.05) is 65.6 Å². The molecular formula is C19H19N3O. The van der Waals surface area contributed by atoms with Crippen molar-refractivity contribution in [2.75, 3.05) is 4.90 Å². The number of hydrogen-bond acceptors (Lipinski definition) is 2. The van der Waals surface area contributed by atoms with Crippen molar-refractivity contribution in [3.8, 4) is 0 Å². The molecule has 1 aromatic heterocycles. The number of benzene rings is 2. The molecule has 0 aliphatic heterocycles. The molecule has 0 saturated carbocycles. The molecule has 23 heavy (non-hydrogen) atoms. The average Bonchev–Trinajstić information content (AvgIpc) is 3.13. The fraction of sp³-hybridized carbons (Fsp3) is 0.158. The van der Waals surface area contributed by atoms with Gasteiger partial charge in [0.2, 0.25) is 5.91 Å². The van der Waals surface area contributed by atoms with Crippen LogP contribution in [0.1, 0.15) is 17.7 Å². The summed E-state index contributed by atoms with van der Waals surface area (Å²) in [6, 6.07) is 19.9. The molecule has 0 spiro atoms. The van der Waals surface area contributed by atoms with E-state index in [4.69, 9.17) is 0 Å². The first kappa shape index (κ1) is 15.0. The van der Waals surface area contributed by atoms with Crippen molar-refractivity contribution < 1.29 is 4.79 Å². The molecule has 0 fully saturated rings. The van der Waals surface area contributed by atoms with Gasteiger partial charge in [0.1, 0.15) is 0 Å². The highest BCUT2D eigenvalue weighted by molar-refractivity contribution is 5.93. The maximum atomic E-state index is 12.7. The second kappa shape index (κ2) is 7.40. The number of imidazole rings is 1. The van der Waals surface area contributed by atoms with E-state index in [0.717, 1.165) is 16.9 Å². The zero-order chi connectivity index (χ0) is 15.9. The number of rotatable bonds is 6. The second-order valence-electron chi connectivity index (χ2n) is 5.38. The van der Waals surface area contributed by atoms with E-state index in [-0.39, 0.29) is 5.91 Å². The Morgan fingerprint density at radius 1 is 1.00 bits per heavy atom. The number of carbonyl (C=O) groups is 1. The third-order valence-corrected chi connectivity index (χ3v) is 3.72. The lowest BCUT2D eigenvalue weighted by atomic mass is 10.1. The Kier molecular flexibility index (Phi) is 4.84. The molecule has 116 valence electrons. The molecule has 0 bridgehead atoms. The first-order chi connectivity index (χ1) is 11.3. The molecule has 0 aliphatic rings. The summed E-state index contributed by atoms with van der Waals surface area (Å²) in [5, 5.41) is 0. The molecule has 0 aliphatic carbocycles. The maximum absolute atomic E-state index is 12.7. The summed E-state index contributed by atoms with van der Waals surface area (Å²) in [6.07, 6.45) is 4.51. The zero-order valence-electron chi connectivity index (χ0n) is 12.9. The maximum Gasteiger partial charge on any atom is 0.227 e. The molecule has 0 unspecified atom stereocenters. The molecule has 2 aromatic carbocycles. The Morgan fingerprint density at radius 3 is 2.35 bits per heavy atom. The summed E-state index contributed by atoms with van der Waals surface area (Å²) in [5.74, 6) is 0.106. The zero-order valence-corrected chi connectivity index (χ0v) is 12.9. The van der Waals surface area contributed by atoms with E-state index in [1.165, 1.54) is 0 Å². The summed E-state index contributed by atoms with van der Waals surface area (Å²) >= 11 is 0. The molecule has 0 atom stereocenters. The number of aromatic amines is 1. The Bertz CT molecular complexity index is 724. The van der Waals surface area contributed by atoms with Crippen LogP contribution in [0.2, 0.25) is 0 Å². The predicted molar refractivity (Wildman–Crippen MR) is 91.0 cm³/mol. The van der Waals surface area contributed by atoms with E-state index in [1.54, 1.807) is 12.5 Å². The van der Waals surface area contributed by atoms with Crippen LogP contribution in [0.3, 0.4) is 0 Å². The van der Waals surface area contributed by atoms with Gasteiger partial charge < -0.3 is 9.88 Å². The molecule has 1 heterocycles. The molecule has 0 radical (unpaired) electrons. The molecule has 3 rings (SSSR count). The Labute approximate surface area is 135 Å². The Hall–Kier alpha value is -2.88. The third-order valence-electron chi connectivity index (χ3n) is 3.72. The predicted octanol–water partition coefficient (Wildman–Crippen LogP) is 3.58. The lowest BCUT2D eigenvalue weighted by Crippen LogP contribution is -2.30. The minimum atomic E-state index is 0.106. The fourth-order valence-electron chi connectivity index (χ4n) is 2.50. The van der Waals surface area contributed by atoms with Gasteiger partial charge in [0.05, 0.1) is 12.9 Å². The van der Waals surface area contributed by atoms with Gasteiger partial charge in [-0.15, -0.1) is 0 Å². The van der Waals surface area contributed by atoms with Crippen LogP contribution < -0.4 is 4.90 Å². The van der Waals surface area contributed by atoms with Crippen LogP contribution in [-0.2, 0) is 17.8 Å². The van der Waals surface area contributed by atoms with Crippen LogP contribution in [0.4, 0.5) is 5.69 Å². The van der Waals surface area contributed by atoms with Crippen molar-refractivity contribution in [1.82, 2.24) is 9.97 Å². The third kappa shape index (κ3) is 4.07. The number of para-hydroxylation sites is 1. The molecule has 1 amide bonds. The summed E-state index contributed by atoms with van der Waals surface area (Å²) in [4.78, 5) is 21.6. The highest BCUT2D eigenvalue weighted by Gasteiger charge is 2.16. The fourth-order valence-corrected chi connectivity index (χ4v) is 2.50. The van der Waals surface area contributed by atoms with Gasteiger partial charge in [-0.05, 0) is 24.1 Å². The topological polar surface area (TPSA) is 49.0 Å². The number of H-pyrrole nitrogens is 1. The number of aryl methyl sites for hydroxylation is 1. The molecule has 3 aromatic rings. The van der Waals surface area contributed by atoms with Crippen LogP contribution in [0.25, 0.3) is 0 Å². The Balaban J connectivity index is 1.75. The van der Waals surface area contributed by atoms with Gasteiger partial charge >= 0.3 is 0 Å². The summed E-state index contributed by atoms with van der Waals surface area (Å²) in [7, 11) is 0. The monoisotopic (exact) mass is 305 g/mol. The van der Waals surface area contributed by atoms with E-state index >= 15 is 0 Å². The largest absolute Gasteiger partial charge is 0.348 e. The van der Waals surface area contributed by atoms with Crippen molar-refractivity contribution >= 4 is 11.6 Å². The van der Waals surface area contributed by atoms with Crippen molar-refractivity contribution in [2.24, 2.45) is 0 Å². The number of carbonyl (C=O) groups excluding carboxylic acids is 1. The average molecular weight is 305 g/mol. The van der Waals surface area contributed by atoms with Gasteiger partial charge in [0.15, 0.2) is 0 Å². The minimum Gasteiger partial charge on any atom is -0.348 e. The quantitative estimate of drug-likeness (QED) is 0.757. The van der Waals surface area contributed by atoms with Gasteiger partial charge in [-0.1, -0.05) is 48.5 Å². The van der Waals surface area contributed by atoms with Crippen LogP contribution in [0, 0.1) is 0 Å². The molecule has 4 nitrogen and oxygen atoms in total. The summed E-state index contributed by atoms with van der Waals surface area (Å²) < 4.78 is 0. The number of nitrogens with zero attached hydrogens (tertiary/aromatic N) is 2. The Morgan fingerprint density at radius 2 is 1.70 bits per heavy atom. The standard InChI is InChI=1S/C19H19N3O/c23-19(12-11-17-13-20-15-21-17)22(18-9-5-2-6-10-18)14-16-7-3-1-4-8-16/h1-10,13,15H,11-12,14H2,(H,20,21). The van der Waals surface area contributed by atoms with Crippen molar-refractivity contribution in [3.05, 3.63) is 84.4 Å². The van der Waals surface area contributed by atoms with Gasteiger partial charge in [-0.2, -0.15) is 0 Å². The molecular weight excluding hydrogens is 286 g/mol. The second-order valence-corrected chi connectivity index (χ2v) is 5.38. The van der Waals surface area contributed by atoms with Gasteiger partial charge in [-0.25, -0.2) is 4.98 Å². The lowest BCUT2D eigenvalue weighted by molar-refractivity contribution is -0.118. The smallest absolute Gasteiger partial charge is 0.227 e. The number of amides is 1. The van der Waals surface area contributed by atoms with Crippen molar-refractivity contribution in [3.63, 3.8) is 0 Å². The van der Waals surface area contributed by atoms with Gasteiger partial charge in [0, 0.05) is 24.0 Å². The van der Waals surface area contributed by atoms with E-state index in [0.29, 0.717) is 19.4 Å².